The zero-order chi connectivity index (χ0) is 17.2. The van der Waals surface area contributed by atoms with Crippen molar-refractivity contribution in [1.82, 2.24) is 19.5 Å². The summed E-state index contributed by atoms with van der Waals surface area (Å²) in [6, 6.07) is 0. The second-order valence-corrected chi connectivity index (χ2v) is 5.93. The fraction of sp³-hybridized carbons (Fsp3) is 0.688. The van der Waals surface area contributed by atoms with Crippen LogP contribution in [0.25, 0.3) is 11.2 Å². The summed E-state index contributed by atoms with van der Waals surface area (Å²) in [4.78, 5) is 22.2. The van der Waals surface area contributed by atoms with E-state index in [9.17, 15) is 4.79 Å². The van der Waals surface area contributed by atoms with E-state index in [2.05, 4.69) is 15.0 Å². The van der Waals surface area contributed by atoms with Crippen molar-refractivity contribution < 1.29 is 9.84 Å². The van der Waals surface area contributed by atoms with Crippen LogP contribution in [-0.2, 0) is 11.5 Å². The molecule has 2 heterocycles. The molecule has 24 heavy (non-hydrogen) atoms. The third kappa shape index (κ3) is 5.61. The van der Waals surface area contributed by atoms with E-state index < -0.39 is 0 Å². The molecule has 0 fully saturated rings. The molecule has 0 spiro atoms. The van der Waals surface area contributed by atoms with Crippen LogP contribution in [-0.4, -0.2) is 37.8 Å². The minimum Gasteiger partial charge on any atom is -0.396 e. The number of nitrogens with two attached hydrogens (primary N) is 1. The molecule has 4 N–H and O–H groups in total. The molecule has 0 bridgehead atoms. The predicted molar refractivity (Wildman–Crippen MR) is 92.5 cm³/mol. The topological polar surface area (TPSA) is 119 Å². The molecular weight excluding hydrogens is 310 g/mol. The van der Waals surface area contributed by atoms with Gasteiger partial charge in [0.05, 0.1) is 6.33 Å². The van der Waals surface area contributed by atoms with Crippen molar-refractivity contribution >= 4 is 17.1 Å². The Morgan fingerprint density at radius 2 is 1.79 bits per heavy atom. The van der Waals surface area contributed by atoms with E-state index in [-0.39, 0.29) is 17.0 Å². The minimum absolute atomic E-state index is 0.0771. The van der Waals surface area contributed by atoms with Gasteiger partial charge in [-0.1, -0.05) is 38.5 Å². The number of fused-ring (bicyclic) bond motifs is 1. The van der Waals surface area contributed by atoms with Crippen molar-refractivity contribution in [2.24, 2.45) is 0 Å². The summed E-state index contributed by atoms with van der Waals surface area (Å²) in [7, 11) is 0. The number of anilines is 1. The molecule has 0 atom stereocenters. The Bertz CT molecular complexity index is 667. The van der Waals surface area contributed by atoms with Crippen molar-refractivity contribution in [1.29, 1.82) is 0 Å². The summed E-state index contributed by atoms with van der Waals surface area (Å²) >= 11 is 0. The maximum absolute atomic E-state index is 11.7. The van der Waals surface area contributed by atoms with Gasteiger partial charge in [0.1, 0.15) is 6.73 Å². The number of aliphatic hydroxyl groups is 1. The number of hydrogen-bond donors (Lipinski definition) is 3. The van der Waals surface area contributed by atoms with Gasteiger partial charge in [-0.25, -0.2) is 4.98 Å². The van der Waals surface area contributed by atoms with Gasteiger partial charge in [0, 0.05) is 13.2 Å². The lowest BCUT2D eigenvalue weighted by Crippen LogP contribution is -2.12. The van der Waals surface area contributed by atoms with Crippen LogP contribution < -0.4 is 11.3 Å². The fourth-order valence-electron chi connectivity index (χ4n) is 2.60. The van der Waals surface area contributed by atoms with Gasteiger partial charge in [-0.3, -0.25) is 14.3 Å². The summed E-state index contributed by atoms with van der Waals surface area (Å²) in [6.45, 7) is 1.29. The van der Waals surface area contributed by atoms with Crippen LogP contribution >= 0.6 is 0 Å². The van der Waals surface area contributed by atoms with Crippen molar-refractivity contribution in [2.45, 2.75) is 58.1 Å². The van der Waals surface area contributed by atoms with Crippen LogP contribution in [0.3, 0.4) is 0 Å². The second kappa shape index (κ2) is 10.0. The Morgan fingerprint density at radius 3 is 2.50 bits per heavy atom. The monoisotopic (exact) mass is 337 g/mol. The molecule has 0 unspecified atom stereocenters. The molecule has 0 saturated carbocycles. The summed E-state index contributed by atoms with van der Waals surface area (Å²) in [5, 5.41) is 8.70. The van der Waals surface area contributed by atoms with Crippen LogP contribution in [0.4, 0.5) is 5.95 Å². The van der Waals surface area contributed by atoms with E-state index in [1.54, 1.807) is 10.9 Å². The van der Waals surface area contributed by atoms with E-state index in [0.29, 0.717) is 25.6 Å². The summed E-state index contributed by atoms with van der Waals surface area (Å²) in [5.41, 5.74) is 5.93. The zero-order valence-electron chi connectivity index (χ0n) is 14.0. The van der Waals surface area contributed by atoms with E-state index in [1.807, 2.05) is 0 Å². The highest BCUT2D eigenvalue weighted by atomic mass is 16.5. The number of nitrogens with zero attached hydrogens (tertiary/aromatic N) is 3. The average molecular weight is 337 g/mol. The number of aromatic amines is 1. The lowest BCUT2D eigenvalue weighted by Gasteiger charge is -2.06. The molecule has 0 aliphatic rings. The zero-order valence-corrected chi connectivity index (χ0v) is 14.0. The summed E-state index contributed by atoms with van der Waals surface area (Å²) < 4.78 is 7.31. The number of unbranched alkanes of at least 4 members (excludes halogenated alkanes) is 7. The molecule has 2 aromatic heterocycles. The van der Waals surface area contributed by atoms with Crippen molar-refractivity contribution in [3.8, 4) is 0 Å². The highest BCUT2D eigenvalue weighted by Gasteiger charge is 2.08. The van der Waals surface area contributed by atoms with Crippen LogP contribution in [0.15, 0.2) is 11.1 Å². The number of rotatable bonds is 12. The number of H-pyrrole nitrogens is 1. The third-order valence-electron chi connectivity index (χ3n) is 3.92. The molecule has 8 heteroatoms. The first-order valence-electron chi connectivity index (χ1n) is 8.61. The lowest BCUT2D eigenvalue weighted by atomic mass is 10.1. The number of ether oxygens (including phenoxy) is 1. The molecule has 8 nitrogen and oxygen atoms in total. The largest absolute Gasteiger partial charge is 0.396 e. The molecule has 0 saturated heterocycles. The molecule has 0 amide bonds. The van der Waals surface area contributed by atoms with Crippen molar-refractivity contribution in [2.75, 3.05) is 18.9 Å². The van der Waals surface area contributed by atoms with Gasteiger partial charge >= 0.3 is 0 Å². The van der Waals surface area contributed by atoms with E-state index in [1.165, 1.54) is 25.7 Å². The first kappa shape index (κ1) is 18.4. The molecule has 0 aliphatic heterocycles. The number of aromatic nitrogens is 4. The van der Waals surface area contributed by atoms with Gasteiger partial charge in [0.15, 0.2) is 11.2 Å². The normalized spacial score (nSPS) is 11.4. The molecule has 0 aromatic carbocycles. The number of nitrogens with one attached hydrogen (secondary N) is 1. The maximum Gasteiger partial charge on any atom is 0.280 e. The maximum atomic E-state index is 11.7. The molecule has 2 rings (SSSR count). The van der Waals surface area contributed by atoms with Crippen LogP contribution in [0.1, 0.15) is 51.4 Å². The average Bonchev–Trinajstić information content (AvgIpc) is 2.96. The summed E-state index contributed by atoms with van der Waals surface area (Å²) in [5.74, 6) is 0.0771. The molecular formula is C16H27N5O3. The van der Waals surface area contributed by atoms with Gasteiger partial charge in [0.25, 0.3) is 5.56 Å². The quantitative estimate of drug-likeness (QED) is 0.508. The smallest absolute Gasteiger partial charge is 0.280 e. The number of nitrogen functional groups attached to an aromatic ring is 1. The van der Waals surface area contributed by atoms with E-state index >= 15 is 0 Å². The molecule has 0 aliphatic carbocycles. The highest BCUT2D eigenvalue weighted by molar-refractivity contribution is 5.70. The Kier molecular flexibility index (Phi) is 7.70. The van der Waals surface area contributed by atoms with Crippen LogP contribution in [0, 0.1) is 0 Å². The third-order valence-corrected chi connectivity index (χ3v) is 3.92. The Labute approximate surface area is 141 Å². The predicted octanol–water partition coefficient (Wildman–Crippen LogP) is 1.79. The minimum atomic E-state index is -0.338. The fourth-order valence-corrected chi connectivity index (χ4v) is 2.60. The highest BCUT2D eigenvalue weighted by Crippen LogP contribution is 2.09. The van der Waals surface area contributed by atoms with Crippen LogP contribution in [0.5, 0.6) is 0 Å². The van der Waals surface area contributed by atoms with Crippen molar-refractivity contribution in [3.63, 3.8) is 0 Å². The Hall–Kier alpha value is -1.93. The van der Waals surface area contributed by atoms with Crippen LogP contribution in [0.2, 0.25) is 0 Å². The SMILES string of the molecule is Nc1nc2c(ncn2COCCCCCCCCCCO)c(=O)[nH]1. The second-order valence-electron chi connectivity index (χ2n) is 5.93. The lowest BCUT2D eigenvalue weighted by molar-refractivity contribution is 0.0759. The van der Waals surface area contributed by atoms with Gasteiger partial charge in [-0.2, -0.15) is 4.98 Å². The first-order valence-corrected chi connectivity index (χ1v) is 8.61. The van der Waals surface area contributed by atoms with Gasteiger partial charge < -0.3 is 15.6 Å². The number of imidazole rings is 1. The molecule has 0 radical (unpaired) electrons. The van der Waals surface area contributed by atoms with Crippen molar-refractivity contribution in [3.05, 3.63) is 16.7 Å². The first-order chi connectivity index (χ1) is 11.7. The van der Waals surface area contributed by atoms with E-state index in [0.717, 1.165) is 25.7 Å². The standard InChI is InChI=1S/C16H27N5O3/c17-16-19-14-13(15(23)20-16)18-11-21(14)12-24-10-8-6-4-2-1-3-5-7-9-22/h11,22H,1-10,12H2,(H3,17,19,20,23). The Morgan fingerprint density at radius 1 is 1.12 bits per heavy atom. The van der Waals surface area contributed by atoms with E-state index in [4.69, 9.17) is 15.6 Å². The summed E-state index contributed by atoms with van der Waals surface area (Å²) in [6.07, 6.45) is 10.6. The number of aliphatic hydroxyl groups excluding tert-OH is 1. The van der Waals surface area contributed by atoms with Gasteiger partial charge in [-0.05, 0) is 12.8 Å². The molecule has 134 valence electrons. The Balaban J connectivity index is 1.59. The van der Waals surface area contributed by atoms with Gasteiger partial charge in [-0.15, -0.1) is 0 Å². The number of hydrogen-bond acceptors (Lipinski definition) is 6. The van der Waals surface area contributed by atoms with Gasteiger partial charge in [0.2, 0.25) is 5.95 Å². The molecule has 2 aromatic rings.